The number of methoxy groups -OCH3 is 2. The topological polar surface area (TPSA) is 61.2 Å². The molecule has 0 aliphatic carbocycles. The molecule has 0 amide bonds. The first-order chi connectivity index (χ1) is 7.36. The lowest BCUT2D eigenvalue weighted by Gasteiger charge is -2.00. The van der Waals surface area contributed by atoms with Gasteiger partial charge in [-0.3, -0.25) is 0 Å². The highest BCUT2D eigenvalue weighted by molar-refractivity contribution is 4.91. The van der Waals surface area contributed by atoms with Crippen molar-refractivity contribution in [1.29, 1.82) is 0 Å². The SMILES string of the molecule is COCCNCc1cn(CCOC)nn1. The lowest BCUT2D eigenvalue weighted by molar-refractivity contribution is 0.183. The lowest BCUT2D eigenvalue weighted by Crippen LogP contribution is -2.18. The van der Waals surface area contributed by atoms with Crippen molar-refractivity contribution in [3.8, 4) is 0 Å². The van der Waals surface area contributed by atoms with Crippen LogP contribution >= 0.6 is 0 Å². The van der Waals surface area contributed by atoms with Gasteiger partial charge in [0.25, 0.3) is 0 Å². The Morgan fingerprint density at radius 2 is 2.13 bits per heavy atom. The summed E-state index contributed by atoms with van der Waals surface area (Å²) >= 11 is 0. The number of hydrogen-bond donors (Lipinski definition) is 1. The van der Waals surface area contributed by atoms with Crippen LogP contribution in [0.1, 0.15) is 5.69 Å². The molecule has 0 bridgehead atoms. The second-order valence-corrected chi connectivity index (χ2v) is 3.14. The molecule has 0 radical (unpaired) electrons. The fraction of sp³-hybridized carbons (Fsp3) is 0.778. The molecular formula is C9H18N4O2. The molecule has 1 heterocycles. The van der Waals surface area contributed by atoms with Crippen LogP contribution in [0.25, 0.3) is 0 Å². The molecule has 1 rings (SSSR count). The zero-order valence-corrected chi connectivity index (χ0v) is 9.27. The summed E-state index contributed by atoms with van der Waals surface area (Å²) in [4.78, 5) is 0. The van der Waals surface area contributed by atoms with Crippen molar-refractivity contribution in [2.75, 3.05) is 34.0 Å². The normalized spacial score (nSPS) is 10.8. The van der Waals surface area contributed by atoms with Crippen LogP contribution in [0.4, 0.5) is 0 Å². The summed E-state index contributed by atoms with van der Waals surface area (Å²) in [6.45, 7) is 3.64. The van der Waals surface area contributed by atoms with Crippen LogP contribution < -0.4 is 5.32 Å². The molecule has 0 saturated heterocycles. The highest BCUT2D eigenvalue weighted by Crippen LogP contribution is 1.92. The van der Waals surface area contributed by atoms with Crippen molar-refractivity contribution in [2.45, 2.75) is 13.1 Å². The molecule has 0 unspecified atom stereocenters. The highest BCUT2D eigenvalue weighted by Gasteiger charge is 1.99. The van der Waals surface area contributed by atoms with E-state index in [0.717, 1.165) is 25.3 Å². The van der Waals surface area contributed by atoms with E-state index >= 15 is 0 Å². The van der Waals surface area contributed by atoms with E-state index in [0.29, 0.717) is 13.2 Å². The average molecular weight is 214 g/mol. The number of nitrogens with zero attached hydrogens (tertiary/aromatic N) is 3. The minimum absolute atomic E-state index is 0.653. The summed E-state index contributed by atoms with van der Waals surface area (Å²) in [6, 6.07) is 0. The third-order valence-electron chi connectivity index (χ3n) is 1.90. The molecule has 86 valence electrons. The monoisotopic (exact) mass is 214 g/mol. The van der Waals surface area contributed by atoms with E-state index in [1.165, 1.54) is 0 Å². The summed E-state index contributed by atoms with van der Waals surface area (Å²) in [7, 11) is 3.35. The molecule has 0 saturated carbocycles. The average Bonchev–Trinajstić information content (AvgIpc) is 2.69. The Labute approximate surface area is 89.6 Å². The second kappa shape index (κ2) is 7.33. The first-order valence-corrected chi connectivity index (χ1v) is 4.94. The van der Waals surface area contributed by atoms with Crippen molar-refractivity contribution in [2.24, 2.45) is 0 Å². The van der Waals surface area contributed by atoms with Gasteiger partial charge in [0.1, 0.15) is 0 Å². The van der Waals surface area contributed by atoms with E-state index in [2.05, 4.69) is 15.6 Å². The minimum Gasteiger partial charge on any atom is -0.383 e. The van der Waals surface area contributed by atoms with Gasteiger partial charge in [-0.2, -0.15) is 0 Å². The van der Waals surface area contributed by atoms with E-state index in [9.17, 15) is 0 Å². The largest absolute Gasteiger partial charge is 0.383 e. The number of aromatic nitrogens is 3. The summed E-state index contributed by atoms with van der Waals surface area (Å²) in [5.41, 5.74) is 0.933. The molecule has 0 spiro atoms. The van der Waals surface area contributed by atoms with Gasteiger partial charge in [-0.25, -0.2) is 4.68 Å². The predicted molar refractivity (Wildman–Crippen MR) is 55.5 cm³/mol. The molecule has 6 heteroatoms. The molecule has 0 aliphatic heterocycles. The van der Waals surface area contributed by atoms with Gasteiger partial charge < -0.3 is 14.8 Å². The quantitative estimate of drug-likeness (QED) is 0.600. The zero-order valence-electron chi connectivity index (χ0n) is 9.27. The number of rotatable bonds is 8. The third-order valence-corrected chi connectivity index (χ3v) is 1.90. The van der Waals surface area contributed by atoms with Crippen LogP contribution in [0.3, 0.4) is 0 Å². The van der Waals surface area contributed by atoms with Crippen LogP contribution in [0.5, 0.6) is 0 Å². The van der Waals surface area contributed by atoms with Crippen molar-refractivity contribution in [3.05, 3.63) is 11.9 Å². The van der Waals surface area contributed by atoms with Crippen molar-refractivity contribution < 1.29 is 9.47 Å². The molecule has 0 atom stereocenters. The van der Waals surface area contributed by atoms with Crippen LogP contribution in [-0.2, 0) is 22.6 Å². The molecule has 1 aromatic rings. The summed E-state index contributed by atoms with van der Waals surface area (Å²) in [5.74, 6) is 0. The third kappa shape index (κ3) is 4.87. The van der Waals surface area contributed by atoms with E-state index in [4.69, 9.17) is 9.47 Å². The molecule has 0 fully saturated rings. The summed E-state index contributed by atoms with van der Waals surface area (Å²) < 4.78 is 11.6. The maximum absolute atomic E-state index is 4.95. The van der Waals surface area contributed by atoms with E-state index in [1.807, 2.05) is 6.20 Å². The van der Waals surface area contributed by atoms with Gasteiger partial charge in [0, 0.05) is 33.5 Å². The van der Waals surface area contributed by atoms with Crippen LogP contribution in [0.2, 0.25) is 0 Å². The van der Waals surface area contributed by atoms with E-state index in [1.54, 1.807) is 18.9 Å². The highest BCUT2D eigenvalue weighted by atomic mass is 16.5. The van der Waals surface area contributed by atoms with Crippen molar-refractivity contribution in [3.63, 3.8) is 0 Å². The Kier molecular flexibility index (Phi) is 5.91. The maximum Gasteiger partial charge on any atom is 0.0964 e. The number of hydrogen-bond acceptors (Lipinski definition) is 5. The lowest BCUT2D eigenvalue weighted by atomic mass is 10.4. The van der Waals surface area contributed by atoms with Gasteiger partial charge in [-0.05, 0) is 0 Å². The number of ether oxygens (including phenoxy) is 2. The standard InChI is InChI=1S/C9H18N4O2/c1-14-5-3-10-7-9-8-13(12-11-9)4-6-15-2/h8,10H,3-7H2,1-2H3. The molecule has 6 nitrogen and oxygen atoms in total. The molecule has 1 aromatic heterocycles. The van der Waals surface area contributed by atoms with Gasteiger partial charge in [-0.1, -0.05) is 5.21 Å². The number of nitrogens with one attached hydrogen (secondary N) is 1. The van der Waals surface area contributed by atoms with Gasteiger partial charge in [0.15, 0.2) is 0 Å². The second-order valence-electron chi connectivity index (χ2n) is 3.14. The first-order valence-electron chi connectivity index (χ1n) is 4.94. The van der Waals surface area contributed by atoms with Gasteiger partial charge >= 0.3 is 0 Å². The zero-order chi connectivity index (χ0) is 10.9. The molecule has 0 aliphatic rings. The Bertz CT molecular complexity index is 264. The summed E-state index contributed by atoms with van der Waals surface area (Å²) in [6.07, 6.45) is 1.92. The van der Waals surface area contributed by atoms with Gasteiger partial charge in [0.05, 0.1) is 25.5 Å². The maximum atomic E-state index is 4.95. The summed E-state index contributed by atoms with van der Waals surface area (Å²) in [5, 5.41) is 11.2. The Morgan fingerprint density at radius 1 is 1.33 bits per heavy atom. The Hall–Kier alpha value is -0.980. The van der Waals surface area contributed by atoms with Gasteiger partial charge in [0.2, 0.25) is 0 Å². The first kappa shape index (κ1) is 12.1. The molecule has 0 aromatic carbocycles. The fourth-order valence-corrected chi connectivity index (χ4v) is 1.10. The molecule has 15 heavy (non-hydrogen) atoms. The fourth-order valence-electron chi connectivity index (χ4n) is 1.10. The Morgan fingerprint density at radius 3 is 2.87 bits per heavy atom. The van der Waals surface area contributed by atoms with Gasteiger partial charge in [-0.15, -0.1) is 5.10 Å². The van der Waals surface area contributed by atoms with Crippen molar-refractivity contribution >= 4 is 0 Å². The molecule has 1 N–H and O–H groups in total. The van der Waals surface area contributed by atoms with Crippen LogP contribution in [0.15, 0.2) is 6.20 Å². The van der Waals surface area contributed by atoms with Crippen molar-refractivity contribution in [1.82, 2.24) is 20.3 Å². The smallest absolute Gasteiger partial charge is 0.0964 e. The Balaban J connectivity index is 2.20. The van der Waals surface area contributed by atoms with Crippen LogP contribution in [-0.4, -0.2) is 49.0 Å². The minimum atomic E-state index is 0.653. The predicted octanol–water partition coefficient (Wildman–Crippen LogP) is -0.339. The van der Waals surface area contributed by atoms with Crippen LogP contribution in [0, 0.1) is 0 Å². The molecular weight excluding hydrogens is 196 g/mol. The van der Waals surface area contributed by atoms with E-state index in [-0.39, 0.29) is 0 Å². The van der Waals surface area contributed by atoms with E-state index < -0.39 is 0 Å².